The highest BCUT2D eigenvalue weighted by atomic mass is 16.5. The molecular weight excluding hydrogens is 348 g/mol. The van der Waals surface area contributed by atoms with Crippen molar-refractivity contribution in [2.75, 3.05) is 14.2 Å². The Morgan fingerprint density at radius 2 is 1.78 bits per heavy atom. The van der Waals surface area contributed by atoms with Crippen molar-refractivity contribution >= 4 is 17.9 Å². The Morgan fingerprint density at radius 3 is 2.37 bits per heavy atom. The summed E-state index contributed by atoms with van der Waals surface area (Å²) >= 11 is 0. The zero-order chi connectivity index (χ0) is 19.8. The van der Waals surface area contributed by atoms with Crippen molar-refractivity contribution in [2.45, 2.75) is 13.0 Å². The van der Waals surface area contributed by atoms with Gasteiger partial charge in [0.1, 0.15) is 0 Å². The number of esters is 3. The van der Waals surface area contributed by atoms with Crippen LogP contribution in [0.5, 0.6) is 0 Å². The molecule has 1 atom stereocenters. The summed E-state index contributed by atoms with van der Waals surface area (Å²) in [7, 11) is 2.46. The maximum absolute atomic E-state index is 12.3. The average Bonchev–Trinajstić information content (AvgIpc) is 3.00. The van der Waals surface area contributed by atoms with Crippen LogP contribution >= 0.6 is 0 Å². The average molecular weight is 368 g/mol. The van der Waals surface area contributed by atoms with E-state index in [-0.39, 0.29) is 5.57 Å². The number of carbonyl (C=O) groups is 3. The summed E-state index contributed by atoms with van der Waals surface area (Å²) in [5.74, 6) is -1.77. The van der Waals surface area contributed by atoms with Crippen molar-refractivity contribution in [1.29, 1.82) is 0 Å². The number of benzene rings is 1. The van der Waals surface area contributed by atoms with Crippen LogP contribution < -0.4 is 0 Å². The van der Waals surface area contributed by atoms with Gasteiger partial charge in [-0.1, -0.05) is 42.5 Å². The molecule has 0 spiro atoms. The third-order valence-corrected chi connectivity index (χ3v) is 3.81. The fraction of sp³-hybridized carbons (Fsp3) is 0.190. The van der Waals surface area contributed by atoms with Gasteiger partial charge in [0.05, 0.1) is 25.4 Å². The summed E-state index contributed by atoms with van der Waals surface area (Å²) < 4.78 is 14.8. The molecule has 1 aromatic rings. The molecule has 1 heterocycles. The molecule has 1 aliphatic heterocycles. The van der Waals surface area contributed by atoms with Crippen LogP contribution in [0.3, 0.4) is 0 Å². The highest BCUT2D eigenvalue weighted by Crippen LogP contribution is 2.37. The first-order valence-corrected chi connectivity index (χ1v) is 8.20. The van der Waals surface area contributed by atoms with E-state index in [0.717, 1.165) is 11.6 Å². The number of allylic oxidation sites excluding steroid dienone is 1. The fourth-order valence-electron chi connectivity index (χ4n) is 2.54. The number of carbonyl (C=O) groups excluding carboxylic acids is 3. The fourth-order valence-corrected chi connectivity index (χ4v) is 2.54. The van der Waals surface area contributed by atoms with Gasteiger partial charge in [0.25, 0.3) is 0 Å². The summed E-state index contributed by atoms with van der Waals surface area (Å²) in [5, 5.41) is 0. The van der Waals surface area contributed by atoms with Gasteiger partial charge in [-0.2, -0.15) is 0 Å². The van der Waals surface area contributed by atoms with E-state index < -0.39 is 24.0 Å². The molecule has 1 unspecified atom stereocenters. The molecule has 0 aliphatic carbocycles. The molecule has 0 saturated carbocycles. The largest absolute Gasteiger partial charge is 0.466 e. The third kappa shape index (κ3) is 4.82. The molecule has 6 heteroatoms. The van der Waals surface area contributed by atoms with Crippen molar-refractivity contribution in [3.63, 3.8) is 0 Å². The van der Waals surface area contributed by atoms with Gasteiger partial charge < -0.3 is 14.2 Å². The number of cyclic esters (lactones) is 1. The normalized spacial score (nSPS) is 17.5. The summed E-state index contributed by atoms with van der Waals surface area (Å²) in [6.45, 7) is 1.77. The van der Waals surface area contributed by atoms with Crippen LogP contribution in [0.2, 0.25) is 0 Å². The number of hydrogen-bond acceptors (Lipinski definition) is 6. The molecule has 0 radical (unpaired) electrons. The number of methoxy groups -OCH3 is 2. The summed E-state index contributed by atoms with van der Waals surface area (Å²) in [4.78, 5) is 35.8. The predicted molar refractivity (Wildman–Crippen MR) is 98.4 cm³/mol. The van der Waals surface area contributed by atoms with Crippen LogP contribution in [-0.2, 0) is 28.6 Å². The molecule has 0 aromatic heterocycles. The highest BCUT2D eigenvalue weighted by molar-refractivity contribution is 5.98. The van der Waals surface area contributed by atoms with Gasteiger partial charge in [0.15, 0.2) is 6.10 Å². The van der Waals surface area contributed by atoms with E-state index in [4.69, 9.17) is 9.47 Å². The van der Waals surface area contributed by atoms with Gasteiger partial charge in [-0.3, -0.25) is 0 Å². The molecule has 1 aromatic carbocycles. The quantitative estimate of drug-likeness (QED) is 0.332. The van der Waals surface area contributed by atoms with E-state index in [1.807, 2.05) is 30.3 Å². The molecule has 0 N–H and O–H groups in total. The first kappa shape index (κ1) is 19.9. The first-order valence-electron chi connectivity index (χ1n) is 8.20. The van der Waals surface area contributed by atoms with E-state index in [2.05, 4.69) is 4.74 Å². The zero-order valence-electron chi connectivity index (χ0n) is 15.3. The van der Waals surface area contributed by atoms with Gasteiger partial charge in [-0.25, -0.2) is 14.4 Å². The molecule has 27 heavy (non-hydrogen) atoms. The van der Waals surface area contributed by atoms with Crippen LogP contribution in [0.15, 0.2) is 77.4 Å². The van der Waals surface area contributed by atoms with E-state index in [0.29, 0.717) is 11.1 Å². The van der Waals surface area contributed by atoms with Gasteiger partial charge in [-0.15, -0.1) is 0 Å². The second kappa shape index (κ2) is 9.33. The standard InChI is InChI=1S/C21H20O6/c1-4-8-16-17(13-15(20(23)26-3)11-12-18(22)25-2)19(27-21(16)24)14-9-6-5-7-10-14/h4-13,19H,1-3H3/b8-4+,12-11+,15-13+. The monoisotopic (exact) mass is 368 g/mol. The topological polar surface area (TPSA) is 78.9 Å². The number of hydrogen-bond donors (Lipinski definition) is 0. The Hall–Kier alpha value is -3.41. The number of ether oxygens (including phenoxy) is 3. The van der Waals surface area contributed by atoms with E-state index in [1.54, 1.807) is 19.1 Å². The lowest BCUT2D eigenvalue weighted by atomic mass is 9.96. The van der Waals surface area contributed by atoms with Crippen molar-refractivity contribution in [2.24, 2.45) is 0 Å². The molecule has 0 fully saturated rings. The van der Waals surface area contributed by atoms with E-state index in [1.165, 1.54) is 26.4 Å². The maximum atomic E-state index is 12.3. The Kier molecular flexibility index (Phi) is 6.88. The van der Waals surface area contributed by atoms with Crippen molar-refractivity contribution in [3.05, 3.63) is 83.0 Å². The Balaban J connectivity index is 2.58. The maximum Gasteiger partial charge on any atom is 0.339 e. The van der Waals surface area contributed by atoms with Crippen molar-refractivity contribution in [1.82, 2.24) is 0 Å². The number of rotatable bonds is 6. The van der Waals surface area contributed by atoms with Crippen LogP contribution in [-0.4, -0.2) is 32.1 Å². The van der Waals surface area contributed by atoms with Crippen molar-refractivity contribution < 1.29 is 28.6 Å². The van der Waals surface area contributed by atoms with Crippen LogP contribution in [0.4, 0.5) is 0 Å². The zero-order valence-corrected chi connectivity index (χ0v) is 15.3. The first-order chi connectivity index (χ1) is 13.0. The summed E-state index contributed by atoms with van der Waals surface area (Å²) in [6.07, 6.45) is 6.53. The molecule has 0 amide bonds. The predicted octanol–water partition coefficient (Wildman–Crippen LogP) is 2.99. The van der Waals surface area contributed by atoms with Crippen LogP contribution in [0.1, 0.15) is 18.6 Å². The van der Waals surface area contributed by atoms with Gasteiger partial charge in [-0.05, 0) is 24.6 Å². The third-order valence-electron chi connectivity index (χ3n) is 3.81. The van der Waals surface area contributed by atoms with E-state index >= 15 is 0 Å². The SMILES string of the molecule is C/C=C/C1=C(/C=C(\C=C\C(=O)OC)C(=O)OC)C(c2ccccc2)OC1=O. The minimum atomic E-state index is -0.670. The molecule has 6 nitrogen and oxygen atoms in total. The molecule has 0 bridgehead atoms. The van der Waals surface area contributed by atoms with Gasteiger partial charge in [0.2, 0.25) is 0 Å². The highest BCUT2D eigenvalue weighted by Gasteiger charge is 2.33. The van der Waals surface area contributed by atoms with Crippen LogP contribution in [0.25, 0.3) is 0 Å². The molecule has 140 valence electrons. The van der Waals surface area contributed by atoms with E-state index in [9.17, 15) is 14.4 Å². The molecule has 0 saturated heterocycles. The lowest BCUT2D eigenvalue weighted by Crippen LogP contribution is -2.06. The summed E-state index contributed by atoms with van der Waals surface area (Å²) in [5.41, 5.74) is 1.68. The Labute approximate surface area is 157 Å². The minimum Gasteiger partial charge on any atom is -0.466 e. The molecule has 1 aliphatic rings. The lowest BCUT2D eigenvalue weighted by Gasteiger charge is -2.13. The Morgan fingerprint density at radius 1 is 1.07 bits per heavy atom. The summed E-state index contributed by atoms with van der Waals surface area (Å²) in [6, 6.07) is 9.16. The smallest absolute Gasteiger partial charge is 0.339 e. The molecular formula is C21H20O6. The second-order valence-electron chi connectivity index (χ2n) is 5.51. The van der Waals surface area contributed by atoms with Crippen LogP contribution in [0, 0.1) is 0 Å². The van der Waals surface area contributed by atoms with Gasteiger partial charge in [0, 0.05) is 11.6 Å². The second-order valence-corrected chi connectivity index (χ2v) is 5.51. The lowest BCUT2D eigenvalue weighted by molar-refractivity contribution is -0.139. The minimum absolute atomic E-state index is 0.0825. The van der Waals surface area contributed by atoms with Gasteiger partial charge >= 0.3 is 17.9 Å². The molecule has 2 rings (SSSR count). The Bertz CT molecular complexity index is 843. The van der Waals surface area contributed by atoms with Crippen molar-refractivity contribution in [3.8, 4) is 0 Å².